The molecule has 1 amide bonds. The molecule has 1 aromatic rings. The molecule has 4 nitrogen and oxygen atoms in total. The van der Waals surface area contributed by atoms with Crippen molar-refractivity contribution in [2.75, 3.05) is 19.7 Å². The van der Waals surface area contributed by atoms with Crippen LogP contribution < -0.4 is 0 Å². The Morgan fingerprint density at radius 3 is 2.42 bits per heavy atom. The maximum absolute atomic E-state index is 13.1. The van der Waals surface area contributed by atoms with Crippen LogP contribution in [-0.2, 0) is 27.7 Å². The van der Waals surface area contributed by atoms with Crippen LogP contribution in [0.5, 0.6) is 0 Å². The van der Waals surface area contributed by atoms with Crippen molar-refractivity contribution in [1.29, 1.82) is 0 Å². The van der Waals surface area contributed by atoms with Crippen molar-refractivity contribution < 1.29 is 27.4 Å². The lowest BCUT2D eigenvalue weighted by Gasteiger charge is -2.45. The van der Waals surface area contributed by atoms with Crippen molar-refractivity contribution in [3.05, 3.63) is 34.9 Å². The molecule has 144 valence electrons. The Kier molecular flexibility index (Phi) is 4.71. The van der Waals surface area contributed by atoms with Crippen LogP contribution in [0.2, 0.25) is 0 Å². The van der Waals surface area contributed by atoms with Gasteiger partial charge in [-0.15, -0.1) is 0 Å². The van der Waals surface area contributed by atoms with E-state index in [4.69, 9.17) is 9.47 Å². The van der Waals surface area contributed by atoms with Crippen LogP contribution in [0.25, 0.3) is 0 Å². The van der Waals surface area contributed by atoms with Gasteiger partial charge >= 0.3 is 12.3 Å². The Morgan fingerprint density at radius 1 is 1.19 bits per heavy atom. The molecule has 0 aliphatic carbocycles. The number of carbonyl (C=O) groups excluding carboxylic acids is 1. The van der Waals surface area contributed by atoms with Gasteiger partial charge in [-0.3, -0.25) is 0 Å². The molecule has 1 saturated heterocycles. The van der Waals surface area contributed by atoms with Crippen molar-refractivity contribution in [1.82, 2.24) is 4.90 Å². The summed E-state index contributed by atoms with van der Waals surface area (Å²) in [5, 5.41) is 0. The number of hydrogen-bond acceptors (Lipinski definition) is 3. The van der Waals surface area contributed by atoms with Gasteiger partial charge in [-0.25, -0.2) is 4.79 Å². The monoisotopic (exact) mass is 371 g/mol. The number of rotatable bonds is 0. The number of nitrogens with zero attached hydrogens (tertiary/aromatic N) is 1. The standard InChI is InChI=1S/C19H24F3NO3/c1-17(2,3)26-16(24)23-9-7-18(8-10-23)15-12-14(19(20,21)22)5-4-13(15)6-11-25-18/h4-5,12H,6-11H2,1-3H3. The van der Waals surface area contributed by atoms with E-state index >= 15 is 0 Å². The highest BCUT2D eigenvalue weighted by molar-refractivity contribution is 5.68. The van der Waals surface area contributed by atoms with Crippen LogP contribution in [0.4, 0.5) is 18.0 Å². The van der Waals surface area contributed by atoms with Crippen molar-refractivity contribution >= 4 is 6.09 Å². The number of likely N-dealkylation sites (tertiary alicyclic amines) is 1. The molecule has 2 aliphatic heterocycles. The largest absolute Gasteiger partial charge is 0.444 e. The molecular formula is C19H24F3NO3. The lowest BCUT2D eigenvalue weighted by Crippen LogP contribution is -2.49. The first-order chi connectivity index (χ1) is 12.0. The number of fused-ring (bicyclic) bond motifs is 2. The third-order valence-electron chi connectivity index (χ3n) is 4.90. The minimum Gasteiger partial charge on any atom is -0.444 e. The second-order valence-electron chi connectivity index (χ2n) is 7.93. The maximum Gasteiger partial charge on any atom is 0.416 e. The summed E-state index contributed by atoms with van der Waals surface area (Å²) < 4.78 is 50.8. The Balaban J connectivity index is 1.81. The Bertz CT molecular complexity index is 686. The van der Waals surface area contributed by atoms with E-state index in [2.05, 4.69) is 0 Å². The highest BCUT2D eigenvalue weighted by Gasteiger charge is 2.43. The summed E-state index contributed by atoms with van der Waals surface area (Å²) in [6, 6.07) is 3.91. The quantitative estimate of drug-likeness (QED) is 0.674. The molecule has 2 heterocycles. The molecule has 0 saturated carbocycles. The van der Waals surface area contributed by atoms with E-state index in [1.54, 1.807) is 31.7 Å². The molecule has 1 spiro atoms. The third kappa shape index (κ3) is 3.82. The van der Waals surface area contributed by atoms with Crippen LogP contribution in [-0.4, -0.2) is 36.3 Å². The van der Waals surface area contributed by atoms with Gasteiger partial charge in [0.05, 0.1) is 17.8 Å². The Hall–Kier alpha value is -1.76. The number of piperidine rings is 1. The third-order valence-corrected chi connectivity index (χ3v) is 4.90. The van der Waals surface area contributed by atoms with E-state index in [-0.39, 0.29) is 0 Å². The highest BCUT2D eigenvalue weighted by Crippen LogP contribution is 2.43. The number of amides is 1. The summed E-state index contributed by atoms with van der Waals surface area (Å²) in [4.78, 5) is 13.8. The lowest BCUT2D eigenvalue weighted by molar-refractivity contribution is -0.138. The number of benzene rings is 1. The summed E-state index contributed by atoms with van der Waals surface area (Å²) in [5.74, 6) is 0. The van der Waals surface area contributed by atoms with Gasteiger partial charge in [0.1, 0.15) is 5.60 Å². The summed E-state index contributed by atoms with van der Waals surface area (Å²) in [5.41, 5.74) is -0.483. The van der Waals surface area contributed by atoms with Gasteiger partial charge in [0, 0.05) is 13.1 Å². The van der Waals surface area contributed by atoms with Gasteiger partial charge in [0.15, 0.2) is 0 Å². The molecule has 7 heteroatoms. The molecule has 1 fully saturated rings. The minimum absolute atomic E-state index is 0.393. The van der Waals surface area contributed by atoms with Crippen molar-refractivity contribution in [2.24, 2.45) is 0 Å². The van der Waals surface area contributed by atoms with Crippen LogP contribution in [0, 0.1) is 0 Å². The van der Waals surface area contributed by atoms with Gasteiger partial charge < -0.3 is 14.4 Å². The fourth-order valence-electron chi connectivity index (χ4n) is 3.62. The van der Waals surface area contributed by atoms with Crippen LogP contribution in [0.1, 0.15) is 50.3 Å². The van der Waals surface area contributed by atoms with Crippen molar-refractivity contribution in [2.45, 2.75) is 57.4 Å². The molecule has 0 unspecified atom stereocenters. The topological polar surface area (TPSA) is 38.8 Å². The molecule has 1 aromatic carbocycles. The molecule has 0 aromatic heterocycles. The predicted molar refractivity (Wildman–Crippen MR) is 89.8 cm³/mol. The number of halogens is 3. The van der Waals surface area contributed by atoms with Crippen molar-refractivity contribution in [3.63, 3.8) is 0 Å². The molecule has 26 heavy (non-hydrogen) atoms. The fraction of sp³-hybridized carbons (Fsp3) is 0.632. The fourth-order valence-corrected chi connectivity index (χ4v) is 3.62. The number of hydrogen-bond donors (Lipinski definition) is 0. The van der Waals surface area contributed by atoms with E-state index in [9.17, 15) is 18.0 Å². The second kappa shape index (κ2) is 6.44. The minimum atomic E-state index is -4.38. The maximum atomic E-state index is 13.1. The van der Waals surface area contributed by atoms with Gasteiger partial charge in [0.25, 0.3) is 0 Å². The normalized spacial score (nSPS) is 20.0. The summed E-state index contributed by atoms with van der Waals surface area (Å²) in [6.07, 6.45) is -3.26. The first kappa shape index (κ1) is 19.0. The SMILES string of the molecule is CC(C)(C)OC(=O)N1CCC2(CC1)OCCc1ccc(C(F)(F)F)cc12. The van der Waals surface area contributed by atoms with Gasteiger partial charge in [-0.2, -0.15) is 13.2 Å². The molecule has 3 rings (SSSR count). The van der Waals surface area contributed by atoms with E-state index in [1.807, 2.05) is 0 Å². The van der Waals surface area contributed by atoms with E-state index in [0.717, 1.165) is 11.6 Å². The molecular weight excluding hydrogens is 347 g/mol. The molecule has 0 bridgehead atoms. The summed E-state index contributed by atoms with van der Waals surface area (Å²) in [7, 11) is 0. The highest BCUT2D eigenvalue weighted by atomic mass is 19.4. The second-order valence-corrected chi connectivity index (χ2v) is 7.93. The molecule has 0 radical (unpaired) electrons. The van der Waals surface area contributed by atoms with E-state index in [0.29, 0.717) is 44.5 Å². The van der Waals surface area contributed by atoms with Gasteiger partial charge in [-0.05, 0) is 63.3 Å². The molecule has 0 atom stereocenters. The Labute approximate surface area is 151 Å². The predicted octanol–water partition coefficient (Wildman–Crippen LogP) is 4.50. The first-order valence-corrected chi connectivity index (χ1v) is 8.83. The number of alkyl halides is 3. The van der Waals surface area contributed by atoms with Gasteiger partial charge in [0.2, 0.25) is 0 Å². The zero-order chi connectivity index (χ0) is 19.2. The van der Waals surface area contributed by atoms with Crippen LogP contribution in [0.15, 0.2) is 18.2 Å². The van der Waals surface area contributed by atoms with Crippen LogP contribution >= 0.6 is 0 Å². The van der Waals surface area contributed by atoms with E-state index in [1.165, 1.54) is 6.07 Å². The number of ether oxygens (including phenoxy) is 2. The molecule has 2 aliphatic rings. The smallest absolute Gasteiger partial charge is 0.416 e. The first-order valence-electron chi connectivity index (χ1n) is 8.83. The molecule has 0 N–H and O–H groups in total. The zero-order valence-corrected chi connectivity index (χ0v) is 15.3. The lowest BCUT2D eigenvalue weighted by atomic mass is 9.78. The van der Waals surface area contributed by atoms with Gasteiger partial charge in [-0.1, -0.05) is 6.07 Å². The summed E-state index contributed by atoms with van der Waals surface area (Å²) >= 11 is 0. The average molecular weight is 371 g/mol. The number of carbonyl (C=O) groups is 1. The van der Waals surface area contributed by atoms with Crippen LogP contribution in [0.3, 0.4) is 0 Å². The van der Waals surface area contributed by atoms with Crippen molar-refractivity contribution in [3.8, 4) is 0 Å². The Morgan fingerprint density at radius 2 is 1.85 bits per heavy atom. The zero-order valence-electron chi connectivity index (χ0n) is 15.3. The average Bonchev–Trinajstić information content (AvgIpc) is 2.53. The summed E-state index contributed by atoms with van der Waals surface area (Å²) in [6.45, 7) is 6.67. The van der Waals surface area contributed by atoms with E-state index < -0.39 is 29.0 Å².